The highest BCUT2D eigenvalue weighted by atomic mass is 32.1. The number of hydrogen-bond donors (Lipinski definition) is 1. The highest BCUT2D eigenvalue weighted by molar-refractivity contribution is 7.15. The van der Waals surface area contributed by atoms with Gasteiger partial charge in [-0.3, -0.25) is 0 Å². The van der Waals surface area contributed by atoms with Crippen LogP contribution in [0.3, 0.4) is 0 Å². The van der Waals surface area contributed by atoms with E-state index < -0.39 is 0 Å². The topological polar surface area (TPSA) is 38.9 Å². The second-order valence-electron chi connectivity index (χ2n) is 3.71. The normalized spacial score (nSPS) is 10.7. The maximum absolute atomic E-state index is 5.84. The molecule has 1 heterocycles. The minimum atomic E-state index is 0.915. The van der Waals surface area contributed by atoms with Gasteiger partial charge in [0.2, 0.25) is 0 Å². The van der Waals surface area contributed by atoms with Gasteiger partial charge in [0.15, 0.2) is 0 Å². The van der Waals surface area contributed by atoms with E-state index in [1.807, 2.05) is 6.92 Å². The van der Waals surface area contributed by atoms with Crippen molar-refractivity contribution >= 4 is 16.3 Å². The van der Waals surface area contributed by atoms with Crippen LogP contribution in [0.2, 0.25) is 0 Å². The molecule has 0 aliphatic rings. The molecule has 0 aliphatic heterocycles. The third kappa shape index (κ3) is 3.66. The van der Waals surface area contributed by atoms with Gasteiger partial charge in [0.25, 0.3) is 0 Å². The summed E-state index contributed by atoms with van der Waals surface area (Å²) >= 11 is 1.60. The average molecular weight is 212 g/mol. The van der Waals surface area contributed by atoms with Crippen LogP contribution < -0.4 is 5.73 Å². The van der Waals surface area contributed by atoms with Crippen LogP contribution in [0.15, 0.2) is 0 Å². The molecule has 2 nitrogen and oxygen atoms in total. The molecule has 2 N–H and O–H groups in total. The molecule has 1 aromatic rings. The quantitative estimate of drug-likeness (QED) is 0.732. The zero-order valence-corrected chi connectivity index (χ0v) is 9.99. The minimum Gasteiger partial charge on any atom is -0.389 e. The van der Waals surface area contributed by atoms with Gasteiger partial charge in [-0.15, -0.1) is 11.3 Å². The fourth-order valence-electron chi connectivity index (χ4n) is 1.56. The number of rotatable bonds is 6. The van der Waals surface area contributed by atoms with E-state index in [1.54, 1.807) is 11.3 Å². The Morgan fingerprint density at radius 2 is 1.93 bits per heavy atom. The number of nitrogen functional groups attached to an aromatic ring is 1. The van der Waals surface area contributed by atoms with Gasteiger partial charge in [0, 0.05) is 0 Å². The molecule has 0 radical (unpaired) electrons. The Balaban J connectivity index is 2.21. The molecule has 0 aromatic carbocycles. The number of thiazole rings is 1. The lowest BCUT2D eigenvalue weighted by molar-refractivity contribution is 0.629. The van der Waals surface area contributed by atoms with Crippen LogP contribution in [-0.4, -0.2) is 4.98 Å². The molecule has 0 aliphatic carbocycles. The Labute approximate surface area is 90.6 Å². The lowest BCUT2D eigenvalue weighted by Crippen LogP contribution is -1.92. The summed E-state index contributed by atoms with van der Waals surface area (Å²) in [5.74, 6) is 0. The first-order valence-corrected chi connectivity index (χ1v) is 6.27. The first kappa shape index (κ1) is 11.5. The first-order chi connectivity index (χ1) is 6.74. The van der Waals surface area contributed by atoms with Crippen LogP contribution in [0.5, 0.6) is 0 Å². The molecule has 0 fully saturated rings. The number of nitrogens with zero attached hydrogens (tertiary/aromatic N) is 1. The van der Waals surface area contributed by atoms with Gasteiger partial charge in [-0.2, -0.15) is 0 Å². The van der Waals surface area contributed by atoms with Crippen molar-refractivity contribution in [1.29, 1.82) is 0 Å². The van der Waals surface area contributed by atoms with Gasteiger partial charge in [0.1, 0.15) is 5.00 Å². The number of aromatic nitrogens is 1. The molecular formula is C11H20N2S. The minimum absolute atomic E-state index is 0.915. The van der Waals surface area contributed by atoms with Crippen LogP contribution in [0.1, 0.15) is 49.7 Å². The predicted molar refractivity (Wildman–Crippen MR) is 63.7 cm³/mol. The SMILES string of the molecule is CCCCCCCc1nc(C)sc1N. The monoisotopic (exact) mass is 212 g/mol. The van der Waals surface area contributed by atoms with Crippen molar-refractivity contribution in [2.75, 3.05) is 5.73 Å². The second kappa shape index (κ2) is 6.02. The van der Waals surface area contributed by atoms with Crippen LogP contribution >= 0.6 is 11.3 Å². The summed E-state index contributed by atoms with van der Waals surface area (Å²) in [6, 6.07) is 0. The maximum atomic E-state index is 5.84. The average Bonchev–Trinajstić information content (AvgIpc) is 2.45. The van der Waals surface area contributed by atoms with Gasteiger partial charge >= 0.3 is 0 Å². The zero-order valence-electron chi connectivity index (χ0n) is 9.18. The van der Waals surface area contributed by atoms with Crippen LogP contribution in [0.25, 0.3) is 0 Å². The summed E-state index contributed by atoms with van der Waals surface area (Å²) in [5, 5.41) is 2.00. The Morgan fingerprint density at radius 1 is 1.21 bits per heavy atom. The number of aryl methyl sites for hydroxylation is 2. The van der Waals surface area contributed by atoms with Crippen molar-refractivity contribution in [2.45, 2.75) is 52.4 Å². The summed E-state index contributed by atoms with van der Waals surface area (Å²) in [7, 11) is 0. The molecule has 1 rings (SSSR count). The largest absolute Gasteiger partial charge is 0.389 e. The summed E-state index contributed by atoms with van der Waals surface area (Å²) in [5.41, 5.74) is 6.95. The van der Waals surface area contributed by atoms with E-state index in [0.717, 1.165) is 22.1 Å². The number of unbranched alkanes of at least 4 members (excludes halogenated alkanes) is 4. The van der Waals surface area contributed by atoms with Gasteiger partial charge < -0.3 is 5.73 Å². The van der Waals surface area contributed by atoms with E-state index in [9.17, 15) is 0 Å². The smallest absolute Gasteiger partial charge is 0.109 e. The third-order valence-electron chi connectivity index (χ3n) is 2.35. The predicted octanol–water partition coefficient (Wildman–Crippen LogP) is 3.55. The summed E-state index contributed by atoms with van der Waals surface area (Å²) < 4.78 is 0. The fraction of sp³-hybridized carbons (Fsp3) is 0.727. The molecule has 0 bridgehead atoms. The van der Waals surface area contributed by atoms with Gasteiger partial charge in [-0.25, -0.2) is 4.98 Å². The van der Waals surface area contributed by atoms with Gasteiger partial charge in [-0.1, -0.05) is 32.6 Å². The van der Waals surface area contributed by atoms with Gasteiger partial charge in [-0.05, 0) is 19.8 Å². The Hall–Kier alpha value is -0.570. The number of hydrogen-bond acceptors (Lipinski definition) is 3. The number of nitrogens with two attached hydrogens (primary N) is 1. The van der Waals surface area contributed by atoms with E-state index in [1.165, 1.54) is 32.1 Å². The summed E-state index contributed by atoms with van der Waals surface area (Å²) in [4.78, 5) is 4.42. The third-order valence-corrected chi connectivity index (χ3v) is 3.19. The molecule has 0 amide bonds. The Kier molecular flexibility index (Phi) is 4.94. The molecule has 0 saturated heterocycles. The molecule has 0 unspecified atom stereocenters. The van der Waals surface area contributed by atoms with Crippen molar-refractivity contribution < 1.29 is 0 Å². The lowest BCUT2D eigenvalue weighted by atomic mass is 10.1. The van der Waals surface area contributed by atoms with Crippen LogP contribution in [-0.2, 0) is 6.42 Å². The standard InChI is InChI=1S/C11H20N2S/c1-3-4-5-6-7-8-10-11(12)14-9(2)13-10/h3-8,12H2,1-2H3. The van der Waals surface area contributed by atoms with Crippen molar-refractivity contribution in [2.24, 2.45) is 0 Å². The molecule has 0 saturated carbocycles. The molecule has 3 heteroatoms. The van der Waals surface area contributed by atoms with Crippen molar-refractivity contribution in [3.05, 3.63) is 10.7 Å². The molecule has 80 valence electrons. The first-order valence-electron chi connectivity index (χ1n) is 5.45. The van der Waals surface area contributed by atoms with Crippen molar-refractivity contribution in [3.8, 4) is 0 Å². The Bertz CT molecular complexity index is 268. The van der Waals surface area contributed by atoms with Crippen molar-refractivity contribution in [1.82, 2.24) is 4.98 Å². The van der Waals surface area contributed by atoms with E-state index >= 15 is 0 Å². The van der Waals surface area contributed by atoms with Crippen molar-refractivity contribution in [3.63, 3.8) is 0 Å². The zero-order chi connectivity index (χ0) is 10.4. The van der Waals surface area contributed by atoms with Crippen LogP contribution in [0, 0.1) is 6.92 Å². The van der Waals surface area contributed by atoms with E-state index in [2.05, 4.69) is 11.9 Å². The second-order valence-corrected chi connectivity index (χ2v) is 4.94. The molecule has 0 spiro atoms. The van der Waals surface area contributed by atoms with E-state index in [0.29, 0.717) is 0 Å². The maximum Gasteiger partial charge on any atom is 0.109 e. The highest BCUT2D eigenvalue weighted by Gasteiger charge is 2.04. The van der Waals surface area contributed by atoms with E-state index in [4.69, 9.17) is 5.73 Å². The molecule has 0 atom stereocenters. The molecular weight excluding hydrogens is 192 g/mol. The van der Waals surface area contributed by atoms with E-state index in [-0.39, 0.29) is 0 Å². The highest BCUT2D eigenvalue weighted by Crippen LogP contribution is 2.22. The van der Waals surface area contributed by atoms with Crippen LogP contribution in [0.4, 0.5) is 5.00 Å². The molecule has 14 heavy (non-hydrogen) atoms. The summed E-state index contributed by atoms with van der Waals surface area (Å²) in [6.07, 6.45) is 7.60. The number of anilines is 1. The Morgan fingerprint density at radius 3 is 2.50 bits per heavy atom. The summed E-state index contributed by atoms with van der Waals surface area (Å²) in [6.45, 7) is 4.25. The van der Waals surface area contributed by atoms with Gasteiger partial charge in [0.05, 0.1) is 10.7 Å². The fourth-order valence-corrected chi connectivity index (χ4v) is 2.30. The lowest BCUT2D eigenvalue weighted by Gasteiger charge is -1.98. The molecule has 1 aromatic heterocycles.